The lowest BCUT2D eigenvalue weighted by atomic mass is 9.99. The van der Waals surface area contributed by atoms with E-state index in [1.165, 1.54) is 0 Å². The minimum absolute atomic E-state index is 0.0309. The van der Waals surface area contributed by atoms with Crippen LogP contribution in [-0.4, -0.2) is 65.4 Å². The van der Waals surface area contributed by atoms with Crippen LogP contribution in [0.1, 0.15) is 60.4 Å². The second-order valence-electron chi connectivity index (χ2n) is 8.77. The van der Waals surface area contributed by atoms with E-state index in [-0.39, 0.29) is 17.9 Å². The number of rotatable bonds is 6. The number of hydrogen-bond acceptors (Lipinski definition) is 3. The number of carbonyl (C=O) groups excluding carboxylic acids is 2. The van der Waals surface area contributed by atoms with Crippen molar-refractivity contribution in [3.63, 3.8) is 0 Å². The van der Waals surface area contributed by atoms with Crippen LogP contribution in [0.4, 0.5) is 0 Å². The Morgan fingerprint density at radius 2 is 2.06 bits per heavy atom. The normalized spacial score (nSPS) is 22.3. The Labute approximate surface area is 198 Å². The maximum Gasteiger partial charge on any atom is 0.256 e. The van der Waals surface area contributed by atoms with Crippen LogP contribution in [0.3, 0.4) is 0 Å². The quantitative estimate of drug-likeness (QED) is 0.581. The van der Waals surface area contributed by atoms with Gasteiger partial charge in [-0.2, -0.15) is 0 Å². The van der Waals surface area contributed by atoms with Crippen molar-refractivity contribution < 1.29 is 9.59 Å². The molecule has 0 radical (unpaired) electrons. The molecule has 3 heterocycles. The molecular formula is C25H33BrN4O2. The van der Waals surface area contributed by atoms with E-state index in [9.17, 15) is 9.59 Å². The Balaban J connectivity index is 1.65. The minimum atomic E-state index is -0.0476. The smallest absolute Gasteiger partial charge is 0.256 e. The zero-order valence-electron chi connectivity index (χ0n) is 19.3. The van der Waals surface area contributed by atoms with Gasteiger partial charge in [-0.15, -0.1) is 0 Å². The van der Waals surface area contributed by atoms with E-state index in [0.717, 1.165) is 91.0 Å². The van der Waals surface area contributed by atoms with Crippen LogP contribution in [0.25, 0.3) is 6.08 Å². The van der Waals surface area contributed by atoms with Gasteiger partial charge in [0.1, 0.15) is 0 Å². The molecule has 1 aliphatic carbocycles. The third-order valence-corrected chi connectivity index (χ3v) is 7.62. The zero-order chi connectivity index (χ0) is 22.8. The van der Waals surface area contributed by atoms with Crippen molar-refractivity contribution in [2.45, 2.75) is 52.5 Å². The van der Waals surface area contributed by atoms with E-state index in [4.69, 9.17) is 0 Å². The van der Waals surface area contributed by atoms with Crippen molar-refractivity contribution >= 4 is 33.8 Å². The Kier molecular flexibility index (Phi) is 7.05. The highest BCUT2D eigenvalue weighted by atomic mass is 79.9. The van der Waals surface area contributed by atoms with Gasteiger partial charge < -0.3 is 20.1 Å². The Hall–Kier alpha value is -2.12. The highest BCUT2D eigenvalue weighted by molar-refractivity contribution is 9.11. The molecule has 1 aromatic heterocycles. The SMILES string of the molecule is CCN(CC)CCN1CCCc2[nH]c(/C=C3\C(=O)NC4CCC=CC(Br)=C34)c(C)c2C1=O. The molecule has 4 rings (SSSR count). The summed E-state index contributed by atoms with van der Waals surface area (Å²) in [6.45, 7) is 10.7. The van der Waals surface area contributed by atoms with Crippen molar-refractivity contribution in [3.8, 4) is 0 Å². The van der Waals surface area contributed by atoms with Gasteiger partial charge in [0.25, 0.3) is 11.8 Å². The summed E-state index contributed by atoms with van der Waals surface area (Å²) in [4.78, 5) is 34.1. The number of likely N-dealkylation sites (N-methyl/N-ethyl adjacent to an activating group) is 1. The van der Waals surface area contributed by atoms with Gasteiger partial charge in [0.05, 0.1) is 11.6 Å². The fraction of sp³-hybridized carbons (Fsp3) is 0.520. The summed E-state index contributed by atoms with van der Waals surface area (Å²) >= 11 is 3.66. The van der Waals surface area contributed by atoms with Crippen LogP contribution in [0.15, 0.2) is 27.8 Å². The van der Waals surface area contributed by atoms with Crippen molar-refractivity contribution in [3.05, 3.63) is 50.3 Å². The number of aromatic nitrogens is 1. The van der Waals surface area contributed by atoms with Crippen LogP contribution in [0.2, 0.25) is 0 Å². The molecule has 2 amide bonds. The maximum atomic E-state index is 13.4. The standard InChI is InChI=1S/C25H33BrN4O2/c1-4-29(5-2)13-14-30-12-8-11-19-22(25(30)32)16(3)21(27-19)15-17-23-18(26)9-6-7-10-20(23)28-24(17)31/h6,9,15,20,27H,4-5,7-8,10-14H2,1-3H3,(H,28,31)/b17-15-. The average Bonchev–Trinajstić information content (AvgIpc) is 3.11. The summed E-state index contributed by atoms with van der Waals surface area (Å²) in [5, 5.41) is 3.11. The van der Waals surface area contributed by atoms with E-state index < -0.39 is 0 Å². The lowest BCUT2D eigenvalue weighted by molar-refractivity contribution is -0.116. The van der Waals surface area contributed by atoms with Gasteiger partial charge in [0, 0.05) is 46.7 Å². The molecule has 6 nitrogen and oxygen atoms in total. The van der Waals surface area contributed by atoms with Gasteiger partial charge in [-0.1, -0.05) is 41.9 Å². The molecule has 2 N–H and O–H groups in total. The predicted molar refractivity (Wildman–Crippen MR) is 132 cm³/mol. The van der Waals surface area contributed by atoms with Gasteiger partial charge in [-0.3, -0.25) is 9.59 Å². The number of fused-ring (bicyclic) bond motifs is 2. The third kappa shape index (κ3) is 4.37. The summed E-state index contributed by atoms with van der Waals surface area (Å²) in [6.07, 6.45) is 9.72. The number of allylic oxidation sites excluding steroid dienone is 3. The number of aryl methyl sites for hydroxylation is 1. The lowest BCUT2D eigenvalue weighted by Gasteiger charge is -2.25. The summed E-state index contributed by atoms with van der Waals surface area (Å²) in [6, 6.07) is 0.0309. The fourth-order valence-corrected chi connectivity index (χ4v) is 5.66. The van der Waals surface area contributed by atoms with Gasteiger partial charge in [-0.05, 0) is 57.3 Å². The van der Waals surface area contributed by atoms with E-state index in [2.05, 4.69) is 51.1 Å². The number of nitrogens with zero attached hydrogens (tertiary/aromatic N) is 2. The molecule has 1 unspecified atom stereocenters. The molecule has 3 aliphatic rings. The number of amides is 2. The van der Waals surface area contributed by atoms with Crippen LogP contribution in [0.5, 0.6) is 0 Å². The highest BCUT2D eigenvalue weighted by Crippen LogP contribution is 2.35. The summed E-state index contributed by atoms with van der Waals surface area (Å²) in [5.41, 5.74) is 5.27. The predicted octanol–water partition coefficient (Wildman–Crippen LogP) is 3.93. The van der Waals surface area contributed by atoms with Crippen LogP contribution >= 0.6 is 15.9 Å². The fourth-order valence-electron chi connectivity index (χ4n) is 4.98. The number of aromatic amines is 1. The monoisotopic (exact) mass is 500 g/mol. The lowest BCUT2D eigenvalue weighted by Crippen LogP contribution is -2.38. The molecule has 1 fully saturated rings. The third-order valence-electron chi connectivity index (χ3n) is 6.92. The van der Waals surface area contributed by atoms with Gasteiger partial charge in [0.15, 0.2) is 0 Å². The molecule has 0 aromatic carbocycles. The van der Waals surface area contributed by atoms with Gasteiger partial charge in [0.2, 0.25) is 0 Å². The average molecular weight is 501 g/mol. The second kappa shape index (κ2) is 9.79. The summed E-state index contributed by atoms with van der Waals surface area (Å²) in [5.74, 6) is 0.0585. The second-order valence-corrected chi connectivity index (χ2v) is 9.62. The van der Waals surface area contributed by atoms with Gasteiger partial charge in [-0.25, -0.2) is 0 Å². The Morgan fingerprint density at radius 3 is 2.81 bits per heavy atom. The molecule has 1 aromatic rings. The molecule has 0 saturated carbocycles. The first-order valence-corrected chi connectivity index (χ1v) is 12.6. The zero-order valence-corrected chi connectivity index (χ0v) is 20.8. The molecule has 7 heteroatoms. The van der Waals surface area contributed by atoms with Crippen LogP contribution in [0, 0.1) is 6.92 Å². The number of hydrogen-bond donors (Lipinski definition) is 2. The minimum Gasteiger partial charge on any atom is -0.358 e. The molecule has 2 aliphatic heterocycles. The molecular weight excluding hydrogens is 468 g/mol. The van der Waals surface area contributed by atoms with E-state index in [1.807, 2.05) is 24.0 Å². The number of halogens is 1. The molecule has 1 atom stereocenters. The van der Waals surface area contributed by atoms with E-state index in [1.54, 1.807) is 0 Å². The van der Waals surface area contributed by atoms with Crippen LogP contribution in [-0.2, 0) is 11.2 Å². The Bertz CT molecular complexity index is 1000. The van der Waals surface area contributed by atoms with Crippen molar-refractivity contribution in [1.29, 1.82) is 0 Å². The molecule has 172 valence electrons. The topological polar surface area (TPSA) is 68.4 Å². The number of nitrogens with one attached hydrogen (secondary N) is 2. The van der Waals surface area contributed by atoms with E-state index >= 15 is 0 Å². The summed E-state index contributed by atoms with van der Waals surface area (Å²) in [7, 11) is 0. The first kappa shape index (κ1) is 23.1. The largest absolute Gasteiger partial charge is 0.358 e. The van der Waals surface area contributed by atoms with Crippen molar-refractivity contribution in [2.75, 3.05) is 32.7 Å². The molecule has 32 heavy (non-hydrogen) atoms. The Morgan fingerprint density at radius 1 is 1.28 bits per heavy atom. The molecule has 0 bridgehead atoms. The first-order chi connectivity index (χ1) is 15.4. The first-order valence-electron chi connectivity index (χ1n) is 11.8. The van der Waals surface area contributed by atoms with Crippen molar-refractivity contribution in [1.82, 2.24) is 20.1 Å². The van der Waals surface area contributed by atoms with Crippen LogP contribution < -0.4 is 5.32 Å². The number of H-pyrrole nitrogens is 1. The van der Waals surface area contributed by atoms with E-state index in [0.29, 0.717) is 5.57 Å². The van der Waals surface area contributed by atoms with Gasteiger partial charge >= 0.3 is 0 Å². The van der Waals surface area contributed by atoms with Crippen molar-refractivity contribution in [2.24, 2.45) is 0 Å². The highest BCUT2D eigenvalue weighted by Gasteiger charge is 2.35. The molecule has 1 saturated heterocycles. The number of carbonyl (C=O) groups is 2. The maximum absolute atomic E-state index is 13.4. The molecule has 0 spiro atoms. The summed E-state index contributed by atoms with van der Waals surface area (Å²) < 4.78 is 0.953.